The molecular formula is C25H32FNO3S. The zero-order valence-corrected chi connectivity index (χ0v) is 19.5. The van der Waals surface area contributed by atoms with Gasteiger partial charge in [-0.2, -0.15) is 0 Å². The number of hydrogen-bond donors (Lipinski definition) is 0. The molecule has 0 N–H and O–H groups in total. The summed E-state index contributed by atoms with van der Waals surface area (Å²) in [6.07, 6.45) is 3.60. The van der Waals surface area contributed by atoms with Gasteiger partial charge in [-0.25, -0.2) is 9.18 Å². The number of halogens is 1. The molecule has 1 aromatic heterocycles. The van der Waals surface area contributed by atoms with E-state index in [4.69, 9.17) is 9.47 Å². The SMILES string of the molecule is C=C(c1cc2cccc(F)c2s1)C1(CC2CCOCC2)CCN(C(=O)OC(C)(C)C)C1. The number of rotatable bonds is 4. The molecule has 1 aromatic carbocycles. The Balaban J connectivity index is 1.63. The van der Waals surface area contributed by atoms with Crippen molar-refractivity contribution >= 4 is 33.1 Å². The summed E-state index contributed by atoms with van der Waals surface area (Å²) in [5, 5.41) is 0.907. The van der Waals surface area contributed by atoms with Crippen molar-refractivity contribution in [1.82, 2.24) is 4.90 Å². The highest BCUT2D eigenvalue weighted by atomic mass is 32.1. The Morgan fingerprint density at radius 3 is 2.77 bits per heavy atom. The zero-order chi connectivity index (χ0) is 22.2. The van der Waals surface area contributed by atoms with Gasteiger partial charge in [0.05, 0.1) is 4.70 Å². The zero-order valence-electron chi connectivity index (χ0n) is 18.7. The standard InChI is InChI=1S/C25H32FNO3S/c1-17(21-14-19-6-5-7-20(26)22(19)31-21)25(15-18-8-12-29-13-9-18)10-11-27(16-25)23(28)30-24(2,3)4/h5-7,14,18H,1,8-13,15-16H2,2-4H3. The fourth-order valence-corrected chi connectivity index (χ4v) is 5.99. The van der Waals surface area contributed by atoms with Crippen molar-refractivity contribution in [2.24, 2.45) is 11.3 Å². The fourth-order valence-electron chi connectivity index (χ4n) is 4.83. The van der Waals surface area contributed by atoms with Crippen LogP contribution in [0.4, 0.5) is 9.18 Å². The summed E-state index contributed by atoms with van der Waals surface area (Å²) in [6, 6.07) is 7.24. The van der Waals surface area contributed by atoms with Gasteiger partial charge in [-0.05, 0) is 75.5 Å². The second kappa shape index (κ2) is 8.55. The molecule has 2 saturated heterocycles. The van der Waals surface area contributed by atoms with E-state index in [1.54, 1.807) is 6.07 Å². The van der Waals surface area contributed by atoms with Gasteiger partial charge < -0.3 is 14.4 Å². The van der Waals surface area contributed by atoms with Crippen LogP contribution in [0.3, 0.4) is 0 Å². The number of fused-ring (bicyclic) bond motifs is 1. The maximum Gasteiger partial charge on any atom is 0.410 e. The second-order valence-electron chi connectivity index (χ2n) is 9.94. The summed E-state index contributed by atoms with van der Waals surface area (Å²) in [7, 11) is 0. The Kier molecular flexibility index (Phi) is 6.14. The van der Waals surface area contributed by atoms with Crippen LogP contribution in [0.2, 0.25) is 0 Å². The summed E-state index contributed by atoms with van der Waals surface area (Å²) in [6.45, 7) is 13.0. The van der Waals surface area contributed by atoms with E-state index >= 15 is 0 Å². The predicted molar refractivity (Wildman–Crippen MR) is 124 cm³/mol. The van der Waals surface area contributed by atoms with Crippen molar-refractivity contribution in [2.45, 2.75) is 52.1 Å². The van der Waals surface area contributed by atoms with Crippen molar-refractivity contribution in [1.29, 1.82) is 0 Å². The van der Waals surface area contributed by atoms with E-state index in [1.807, 2.05) is 37.8 Å². The lowest BCUT2D eigenvalue weighted by Gasteiger charge is -2.36. The van der Waals surface area contributed by atoms with Crippen LogP contribution in [0.1, 0.15) is 51.3 Å². The molecule has 2 aromatic rings. The Labute approximate surface area is 188 Å². The van der Waals surface area contributed by atoms with Gasteiger partial charge in [-0.15, -0.1) is 11.3 Å². The van der Waals surface area contributed by atoms with Gasteiger partial charge >= 0.3 is 6.09 Å². The molecule has 2 aliphatic heterocycles. The minimum Gasteiger partial charge on any atom is -0.444 e. The number of benzene rings is 1. The molecule has 0 aliphatic carbocycles. The molecule has 0 saturated carbocycles. The molecule has 0 radical (unpaired) electrons. The Bertz CT molecular complexity index is 973. The van der Waals surface area contributed by atoms with Gasteiger partial charge in [0.25, 0.3) is 0 Å². The van der Waals surface area contributed by atoms with E-state index in [-0.39, 0.29) is 17.3 Å². The molecule has 2 fully saturated rings. The maximum absolute atomic E-state index is 14.3. The first-order valence-corrected chi connectivity index (χ1v) is 11.9. The lowest BCUT2D eigenvalue weighted by molar-refractivity contribution is 0.0264. The first-order valence-electron chi connectivity index (χ1n) is 11.1. The van der Waals surface area contributed by atoms with Crippen LogP contribution in [0, 0.1) is 17.2 Å². The van der Waals surface area contributed by atoms with Crippen LogP contribution in [-0.2, 0) is 9.47 Å². The van der Waals surface area contributed by atoms with Gasteiger partial charge in [-0.1, -0.05) is 18.7 Å². The van der Waals surface area contributed by atoms with Crippen molar-refractivity contribution in [3.05, 3.63) is 41.5 Å². The van der Waals surface area contributed by atoms with Crippen molar-refractivity contribution in [3.8, 4) is 0 Å². The molecule has 3 heterocycles. The Hall–Kier alpha value is -1.92. The summed E-state index contributed by atoms with van der Waals surface area (Å²) >= 11 is 1.47. The molecule has 168 valence electrons. The number of hydrogen-bond acceptors (Lipinski definition) is 4. The van der Waals surface area contributed by atoms with Gasteiger partial charge in [0.1, 0.15) is 11.4 Å². The lowest BCUT2D eigenvalue weighted by Crippen LogP contribution is -2.38. The molecule has 31 heavy (non-hydrogen) atoms. The summed E-state index contributed by atoms with van der Waals surface area (Å²) in [5.74, 6) is 0.344. The van der Waals surface area contributed by atoms with Gasteiger partial charge in [0, 0.05) is 36.6 Å². The quantitative estimate of drug-likeness (QED) is 0.539. The van der Waals surface area contributed by atoms with E-state index in [2.05, 4.69) is 6.58 Å². The molecule has 2 aliphatic rings. The minimum atomic E-state index is -0.525. The maximum atomic E-state index is 14.3. The normalized spacial score (nSPS) is 22.8. The predicted octanol–water partition coefficient (Wildman–Crippen LogP) is 6.50. The summed E-state index contributed by atoms with van der Waals surface area (Å²) in [4.78, 5) is 15.6. The van der Waals surface area contributed by atoms with Crippen LogP contribution in [0.25, 0.3) is 15.7 Å². The third kappa shape index (κ3) is 4.80. The van der Waals surface area contributed by atoms with E-state index in [0.29, 0.717) is 23.7 Å². The van der Waals surface area contributed by atoms with Gasteiger partial charge in [0.2, 0.25) is 0 Å². The Morgan fingerprint density at radius 2 is 2.10 bits per heavy atom. The number of nitrogens with zero attached hydrogens (tertiary/aromatic N) is 1. The average molecular weight is 446 g/mol. The summed E-state index contributed by atoms with van der Waals surface area (Å²) in [5.41, 5.74) is 0.268. The number of carbonyl (C=O) groups is 1. The first-order chi connectivity index (χ1) is 14.7. The van der Waals surface area contributed by atoms with Crippen LogP contribution in [0.15, 0.2) is 30.8 Å². The fraction of sp³-hybridized carbons (Fsp3) is 0.560. The van der Waals surface area contributed by atoms with Crippen LogP contribution in [-0.4, -0.2) is 42.9 Å². The number of amides is 1. The third-order valence-corrected chi connectivity index (χ3v) is 7.68. The number of ether oxygens (including phenoxy) is 2. The molecule has 1 atom stereocenters. The largest absolute Gasteiger partial charge is 0.444 e. The van der Waals surface area contributed by atoms with E-state index in [9.17, 15) is 9.18 Å². The molecular weight excluding hydrogens is 413 g/mol. The number of likely N-dealkylation sites (tertiary alicyclic amines) is 1. The molecule has 1 unspecified atom stereocenters. The summed E-state index contributed by atoms with van der Waals surface area (Å²) < 4.78 is 26.2. The average Bonchev–Trinajstić information content (AvgIpc) is 3.33. The molecule has 4 rings (SSSR count). The second-order valence-corrected chi connectivity index (χ2v) is 11.0. The highest BCUT2D eigenvalue weighted by molar-refractivity contribution is 7.20. The van der Waals surface area contributed by atoms with Crippen LogP contribution >= 0.6 is 11.3 Å². The molecule has 0 bridgehead atoms. The van der Waals surface area contributed by atoms with E-state index < -0.39 is 5.60 Å². The van der Waals surface area contributed by atoms with E-state index in [0.717, 1.165) is 54.7 Å². The monoisotopic (exact) mass is 445 g/mol. The molecule has 4 nitrogen and oxygen atoms in total. The highest BCUT2D eigenvalue weighted by Crippen LogP contribution is 2.50. The highest BCUT2D eigenvalue weighted by Gasteiger charge is 2.45. The molecule has 0 spiro atoms. The number of thiophene rings is 1. The topological polar surface area (TPSA) is 38.8 Å². The Morgan fingerprint density at radius 1 is 1.35 bits per heavy atom. The van der Waals surface area contributed by atoms with Gasteiger partial charge in [-0.3, -0.25) is 0 Å². The van der Waals surface area contributed by atoms with Crippen LogP contribution in [0.5, 0.6) is 0 Å². The van der Waals surface area contributed by atoms with Crippen molar-refractivity contribution in [2.75, 3.05) is 26.3 Å². The number of carbonyl (C=O) groups excluding carboxylic acids is 1. The van der Waals surface area contributed by atoms with E-state index in [1.165, 1.54) is 17.4 Å². The third-order valence-electron chi connectivity index (χ3n) is 6.46. The lowest BCUT2D eigenvalue weighted by atomic mass is 9.71. The van der Waals surface area contributed by atoms with Crippen molar-refractivity contribution in [3.63, 3.8) is 0 Å². The van der Waals surface area contributed by atoms with Crippen LogP contribution < -0.4 is 0 Å². The minimum absolute atomic E-state index is 0.193. The molecule has 6 heteroatoms. The first kappa shape index (κ1) is 22.3. The van der Waals surface area contributed by atoms with Gasteiger partial charge in [0.15, 0.2) is 0 Å². The molecule has 1 amide bonds. The smallest absolute Gasteiger partial charge is 0.410 e. The van der Waals surface area contributed by atoms with Crippen molar-refractivity contribution < 1.29 is 18.7 Å².